The zero-order valence-electron chi connectivity index (χ0n) is 13.0. The molecule has 1 aliphatic carbocycles. The van der Waals surface area contributed by atoms with Crippen molar-refractivity contribution in [1.82, 2.24) is 9.88 Å². The first-order valence-corrected chi connectivity index (χ1v) is 7.36. The first-order valence-electron chi connectivity index (χ1n) is 7.36. The predicted molar refractivity (Wildman–Crippen MR) is 79.4 cm³/mol. The van der Waals surface area contributed by atoms with Crippen molar-refractivity contribution in [2.45, 2.75) is 52.6 Å². The molecule has 5 heteroatoms. The van der Waals surface area contributed by atoms with Gasteiger partial charge < -0.3 is 10.0 Å². The van der Waals surface area contributed by atoms with Gasteiger partial charge in [-0.1, -0.05) is 13.8 Å². The van der Waals surface area contributed by atoms with E-state index in [1.807, 2.05) is 4.90 Å². The highest BCUT2D eigenvalue weighted by Gasteiger charge is 2.37. The maximum absolute atomic E-state index is 12.7. The van der Waals surface area contributed by atoms with Crippen LogP contribution in [0, 0.1) is 12.8 Å². The molecular weight excluding hydrogens is 268 g/mol. The number of nitrogens with zero attached hydrogens (tertiary/aromatic N) is 2. The summed E-state index contributed by atoms with van der Waals surface area (Å²) in [5, 5.41) is 9.03. The van der Waals surface area contributed by atoms with Crippen LogP contribution in [0.15, 0.2) is 12.1 Å². The van der Waals surface area contributed by atoms with Crippen molar-refractivity contribution in [3.63, 3.8) is 0 Å². The summed E-state index contributed by atoms with van der Waals surface area (Å²) in [5.41, 5.74) is 0.847. The number of hydrogen-bond donors (Lipinski definition) is 1. The third kappa shape index (κ3) is 3.23. The average Bonchev–Trinajstić information content (AvgIpc) is 3.22. The fraction of sp³-hybridized carbons (Fsp3) is 0.562. The molecule has 1 fully saturated rings. The molecule has 2 rings (SSSR count). The molecule has 0 saturated heterocycles. The van der Waals surface area contributed by atoms with E-state index in [0.717, 1.165) is 12.8 Å². The number of carbonyl (C=O) groups excluding carboxylic acids is 1. The van der Waals surface area contributed by atoms with Crippen LogP contribution >= 0.6 is 0 Å². The second-order valence-electron chi connectivity index (χ2n) is 6.06. The van der Waals surface area contributed by atoms with Crippen LogP contribution in [0.1, 0.15) is 60.2 Å². The van der Waals surface area contributed by atoms with E-state index in [4.69, 9.17) is 5.11 Å². The fourth-order valence-corrected chi connectivity index (χ4v) is 2.40. The Kier molecular flexibility index (Phi) is 4.30. The Balaban J connectivity index is 2.29. The van der Waals surface area contributed by atoms with Crippen molar-refractivity contribution in [2.24, 2.45) is 5.92 Å². The molecule has 0 spiro atoms. The molecule has 1 N–H and O–H groups in total. The third-order valence-electron chi connectivity index (χ3n) is 4.11. The van der Waals surface area contributed by atoms with Gasteiger partial charge in [-0.15, -0.1) is 0 Å². The fourth-order valence-electron chi connectivity index (χ4n) is 2.40. The van der Waals surface area contributed by atoms with E-state index in [9.17, 15) is 9.59 Å². The summed E-state index contributed by atoms with van der Waals surface area (Å²) < 4.78 is 0. The molecule has 1 atom stereocenters. The SMILES string of the molecule is Cc1nc(C(=O)N(C2CC2)C(C)C(C)C)ccc1C(=O)O. The van der Waals surface area contributed by atoms with Crippen molar-refractivity contribution in [1.29, 1.82) is 0 Å². The van der Waals surface area contributed by atoms with E-state index in [1.54, 1.807) is 6.92 Å². The molecular formula is C16H22N2O3. The number of aromatic carboxylic acids is 1. The second-order valence-corrected chi connectivity index (χ2v) is 6.06. The highest BCUT2D eigenvalue weighted by Crippen LogP contribution is 2.31. The molecule has 1 unspecified atom stereocenters. The van der Waals surface area contributed by atoms with Gasteiger partial charge in [0.25, 0.3) is 5.91 Å². The Morgan fingerprint density at radius 1 is 1.29 bits per heavy atom. The number of amides is 1. The number of aryl methyl sites for hydroxylation is 1. The summed E-state index contributed by atoms with van der Waals surface area (Å²) in [6.45, 7) is 7.87. The first kappa shape index (κ1) is 15.5. The average molecular weight is 290 g/mol. The number of pyridine rings is 1. The van der Waals surface area contributed by atoms with E-state index in [-0.39, 0.29) is 17.5 Å². The van der Waals surface area contributed by atoms with Gasteiger partial charge in [0, 0.05) is 12.1 Å². The van der Waals surface area contributed by atoms with Crippen molar-refractivity contribution in [2.75, 3.05) is 0 Å². The molecule has 0 aromatic carbocycles. The van der Waals surface area contributed by atoms with Gasteiger partial charge >= 0.3 is 5.97 Å². The lowest BCUT2D eigenvalue weighted by Crippen LogP contribution is -2.43. The minimum Gasteiger partial charge on any atom is -0.478 e. The van der Waals surface area contributed by atoms with Gasteiger partial charge in [-0.25, -0.2) is 9.78 Å². The number of carbonyl (C=O) groups is 2. The number of carboxylic acids is 1. The molecule has 21 heavy (non-hydrogen) atoms. The van der Waals surface area contributed by atoms with Crippen molar-refractivity contribution < 1.29 is 14.7 Å². The van der Waals surface area contributed by atoms with E-state index in [0.29, 0.717) is 23.3 Å². The predicted octanol–water partition coefficient (Wildman–Crippen LogP) is 2.74. The van der Waals surface area contributed by atoms with Crippen LogP contribution in [-0.2, 0) is 0 Å². The maximum Gasteiger partial charge on any atom is 0.337 e. The number of rotatable bonds is 5. The van der Waals surface area contributed by atoms with Crippen LogP contribution in [0.25, 0.3) is 0 Å². The number of carboxylic acid groups (broad SMARTS) is 1. The molecule has 114 valence electrons. The molecule has 1 amide bonds. The van der Waals surface area contributed by atoms with Crippen LogP contribution < -0.4 is 0 Å². The van der Waals surface area contributed by atoms with Gasteiger partial charge in [-0.05, 0) is 44.7 Å². The van der Waals surface area contributed by atoms with Gasteiger partial charge in [-0.3, -0.25) is 4.79 Å². The molecule has 1 aromatic rings. The molecule has 1 aromatic heterocycles. The van der Waals surface area contributed by atoms with Gasteiger partial charge in [0.05, 0.1) is 11.3 Å². The Bertz CT molecular complexity index is 565. The van der Waals surface area contributed by atoms with Gasteiger partial charge in [0.15, 0.2) is 0 Å². The topological polar surface area (TPSA) is 70.5 Å². The van der Waals surface area contributed by atoms with Crippen molar-refractivity contribution in [3.05, 3.63) is 29.1 Å². The molecule has 1 heterocycles. The maximum atomic E-state index is 12.7. The highest BCUT2D eigenvalue weighted by molar-refractivity contribution is 5.95. The molecule has 0 radical (unpaired) electrons. The van der Waals surface area contributed by atoms with Crippen LogP contribution in [-0.4, -0.2) is 39.0 Å². The number of aromatic nitrogens is 1. The van der Waals surface area contributed by atoms with Crippen LogP contribution in [0.3, 0.4) is 0 Å². The van der Waals surface area contributed by atoms with E-state index < -0.39 is 5.97 Å². The highest BCUT2D eigenvalue weighted by atomic mass is 16.4. The van der Waals surface area contributed by atoms with Crippen molar-refractivity contribution >= 4 is 11.9 Å². The Morgan fingerprint density at radius 2 is 1.90 bits per heavy atom. The molecule has 1 saturated carbocycles. The monoisotopic (exact) mass is 290 g/mol. The summed E-state index contributed by atoms with van der Waals surface area (Å²) >= 11 is 0. The van der Waals surface area contributed by atoms with Crippen LogP contribution in [0.2, 0.25) is 0 Å². The second kappa shape index (κ2) is 5.84. The molecule has 5 nitrogen and oxygen atoms in total. The lowest BCUT2D eigenvalue weighted by atomic mass is 10.0. The van der Waals surface area contributed by atoms with Crippen LogP contribution in [0.5, 0.6) is 0 Å². The zero-order valence-corrected chi connectivity index (χ0v) is 13.0. The molecule has 0 bridgehead atoms. The van der Waals surface area contributed by atoms with Crippen LogP contribution in [0.4, 0.5) is 0 Å². The summed E-state index contributed by atoms with van der Waals surface area (Å²) in [4.78, 5) is 29.8. The normalized spacial score (nSPS) is 15.9. The van der Waals surface area contributed by atoms with Gasteiger partial charge in [0.1, 0.15) is 5.69 Å². The summed E-state index contributed by atoms with van der Waals surface area (Å²) in [6, 6.07) is 3.42. The Labute approximate surface area is 125 Å². The van der Waals surface area contributed by atoms with Crippen molar-refractivity contribution in [3.8, 4) is 0 Å². The van der Waals surface area contributed by atoms with E-state index in [2.05, 4.69) is 25.8 Å². The minimum absolute atomic E-state index is 0.0984. The lowest BCUT2D eigenvalue weighted by molar-refractivity contribution is 0.0618. The standard InChI is InChI=1S/C16H22N2O3/c1-9(2)11(4)18(12-5-6-12)15(19)14-8-7-13(16(20)21)10(3)17-14/h7-9,11-12H,5-6H2,1-4H3,(H,20,21). The Morgan fingerprint density at radius 3 is 2.33 bits per heavy atom. The third-order valence-corrected chi connectivity index (χ3v) is 4.11. The van der Waals surface area contributed by atoms with E-state index in [1.165, 1.54) is 12.1 Å². The lowest BCUT2D eigenvalue weighted by Gasteiger charge is -2.32. The van der Waals surface area contributed by atoms with Gasteiger partial charge in [0.2, 0.25) is 0 Å². The Hall–Kier alpha value is -1.91. The minimum atomic E-state index is -1.02. The smallest absolute Gasteiger partial charge is 0.337 e. The largest absolute Gasteiger partial charge is 0.478 e. The molecule has 1 aliphatic rings. The number of hydrogen-bond acceptors (Lipinski definition) is 3. The van der Waals surface area contributed by atoms with E-state index >= 15 is 0 Å². The first-order chi connectivity index (χ1) is 9.82. The molecule has 0 aliphatic heterocycles. The quantitative estimate of drug-likeness (QED) is 0.905. The van der Waals surface area contributed by atoms with Gasteiger partial charge in [-0.2, -0.15) is 0 Å². The summed E-state index contributed by atoms with van der Waals surface area (Å²) in [6.07, 6.45) is 2.07. The summed E-state index contributed by atoms with van der Waals surface area (Å²) in [7, 11) is 0. The zero-order chi connectivity index (χ0) is 15.7. The summed E-state index contributed by atoms with van der Waals surface area (Å²) in [5.74, 6) is -0.749.